The number of nitrogens with one attached hydrogen (secondary N) is 2. The summed E-state index contributed by atoms with van der Waals surface area (Å²) in [5, 5.41) is 6.10. The summed E-state index contributed by atoms with van der Waals surface area (Å²) in [6.07, 6.45) is 4.79. The van der Waals surface area contributed by atoms with Crippen LogP contribution in [0.2, 0.25) is 0 Å². The van der Waals surface area contributed by atoms with Crippen molar-refractivity contribution in [3.05, 3.63) is 36.0 Å². The summed E-state index contributed by atoms with van der Waals surface area (Å²) in [6.45, 7) is 8.12. The van der Waals surface area contributed by atoms with E-state index in [-0.39, 0.29) is 11.8 Å². The van der Waals surface area contributed by atoms with Gasteiger partial charge in [0.2, 0.25) is 17.8 Å². The molecule has 0 aliphatic carbocycles. The Labute approximate surface area is 176 Å². The van der Waals surface area contributed by atoms with E-state index >= 15 is 0 Å². The maximum absolute atomic E-state index is 12.2. The highest BCUT2D eigenvalue weighted by molar-refractivity contribution is 6.44. The highest BCUT2D eigenvalue weighted by Crippen LogP contribution is 2.38. The van der Waals surface area contributed by atoms with Crippen LogP contribution in [0.3, 0.4) is 0 Å². The molecule has 0 bridgehead atoms. The van der Waals surface area contributed by atoms with Crippen LogP contribution in [0, 0.1) is 0 Å². The second-order valence-corrected chi connectivity index (χ2v) is 7.79. The molecule has 0 unspecified atom stereocenters. The fourth-order valence-corrected chi connectivity index (χ4v) is 3.52. The number of nitrogens with zero attached hydrogens (tertiary/aromatic N) is 4. The number of aliphatic imine (C=N–C) groups is 3. The molecular weight excluding hydrogens is 380 g/mol. The van der Waals surface area contributed by atoms with E-state index in [1.54, 1.807) is 24.2 Å². The number of likely N-dealkylation sites (tertiary alicyclic amines) is 1. The van der Waals surface area contributed by atoms with Gasteiger partial charge in [0, 0.05) is 37.6 Å². The summed E-state index contributed by atoms with van der Waals surface area (Å²) in [4.78, 5) is 39.3. The molecule has 2 amide bonds. The summed E-state index contributed by atoms with van der Waals surface area (Å²) < 4.78 is 0. The van der Waals surface area contributed by atoms with Crippen LogP contribution in [0.4, 0.5) is 11.4 Å². The van der Waals surface area contributed by atoms with Crippen molar-refractivity contribution in [2.24, 2.45) is 15.0 Å². The van der Waals surface area contributed by atoms with E-state index in [1.807, 2.05) is 45.9 Å². The minimum Gasteiger partial charge on any atom is -0.325 e. The van der Waals surface area contributed by atoms with Crippen molar-refractivity contribution in [2.75, 3.05) is 24.2 Å². The van der Waals surface area contributed by atoms with Gasteiger partial charge in [-0.05, 0) is 51.8 Å². The number of carbonyl (C=O) groups is 2. The quantitative estimate of drug-likeness (QED) is 0.593. The molecule has 1 aromatic rings. The molecule has 0 saturated carbocycles. The lowest BCUT2D eigenvalue weighted by atomic mass is 9.86. The summed E-state index contributed by atoms with van der Waals surface area (Å²) in [5.41, 5.74) is 2.54. The predicted molar refractivity (Wildman–Crippen MR) is 121 cm³/mol. The summed E-state index contributed by atoms with van der Waals surface area (Å²) in [7, 11) is 1.64. The van der Waals surface area contributed by atoms with Gasteiger partial charge in [-0.3, -0.25) is 19.5 Å². The van der Waals surface area contributed by atoms with Gasteiger partial charge in [-0.25, -0.2) is 9.98 Å². The monoisotopic (exact) mass is 408 g/mol. The summed E-state index contributed by atoms with van der Waals surface area (Å²) in [5.74, 6) is 0.943. The molecule has 1 saturated heterocycles. The maximum atomic E-state index is 12.2. The van der Waals surface area contributed by atoms with Crippen LogP contribution in [0.15, 0.2) is 45.5 Å². The Kier molecular flexibility index (Phi) is 6.14. The highest BCUT2D eigenvalue weighted by atomic mass is 16.2. The van der Waals surface area contributed by atoms with E-state index in [0.717, 1.165) is 23.4 Å². The number of guanidine groups is 1. The zero-order chi connectivity index (χ0) is 21.9. The van der Waals surface area contributed by atoms with Crippen molar-refractivity contribution in [3.63, 3.8) is 0 Å². The first kappa shape index (κ1) is 21.4. The molecule has 30 heavy (non-hydrogen) atoms. The molecule has 158 valence electrons. The largest absolute Gasteiger partial charge is 0.325 e. The minimum absolute atomic E-state index is 0.0204. The van der Waals surface area contributed by atoms with Crippen LogP contribution in [-0.4, -0.2) is 47.8 Å². The molecule has 2 aliphatic heterocycles. The van der Waals surface area contributed by atoms with E-state index in [4.69, 9.17) is 0 Å². The predicted octanol–water partition coefficient (Wildman–Crippen LogP) is 3.33. The molecule has 2 N–H and O–H groups in total. The fourth-order valence-electron chi connectivity index (χ4n) is 3.52. The van der Waals surface area contributed by atoms with Gasteiger partial charge >= 0.3 is 0 Å². The van der Waals surface area contributed by atoms with Gasteiger partial charge < -0.3 is 10.6 Å². The Bertz CT molecular complexity index is 987. The van der Waals surface area contributed by atoms with Crippen molar-refractivity contribution < 1.29 is 9.59 Å². The van der Waals surface area contributed by atoms with Crippen LogP contribution in [-0.2, 0) is 15.0 Å². The van der Waals surface area contributed by atoms with Gasteiger partial charge in [-0.2, -0.15) is 0 Å². The van der Waals surface area contributed by atoms with E-state index in [0.29, 0.717) is 30.5 Å². The number of anilines is 2. The van der Waals surface area contributed by atoms with Crippen molar-refractivity contribution in [1.82, 2.24) is 4.90 Å². The molecule has 3 rings (SSSR count). The number of fused-ring (bicyclic) bond motifs is 1. The van der Waals surface area contributed by atoms with Crippen LogP contribution >= 0.6 is 0 Å². The van der Waals surface area contributed by atoms with Gasteiger partial charge in [-0.1, -0.05) is 12.1 Å². The lowest BCUT2D eigenvalue weighted by Gasteiger charge is -2.18. The third-order valence-corrected chi connectivity index (χ3v) is 5.25. The van der Waals surface area contributed by atoms with Crippen LogP contribution in [0.5, 0.6) is 0 Å². The number of hydrogen-bond acceptors (Lipinski definition) is 4. The standard InChI is InChI=1S/C22H28N6O2/c1-6-11-24-19(28-12-7-8-18(28)29)14(2)25-21(23-5)26-15-9-10-16-17(13-15)27-20(30)22(16,3)4/h6,9-11,13H,7-8,12H2,1-5H3,(H,23,26)(H,27,30)/b11-6-,24-19?,25-14?. The van der Waals surface area contributed by atoms with Crippen LogP contribution in [0.1, 0.15) is 46.1 Å². The fraction of sp³-hybridized carbons (Fsp3) is 0.409. The first-order valence-corrected chi connectivity index (χ1v) is 10.0. The van der Waals surface area contributed by atoms with Gasteiger partial charge in [-0.15, -0.1) is 0 Å². The molecule has 8 heteroatoms. The molecule has 0 spiro atoms. The summed E-state index contributed by atoms with van der Waals surface area (Å²) in [6, 6.07) is 5.70. The number of carbonyl (C=O) groups excluding carboxylic acids is 2. The highest BCUT2D eigenvalue weighted by Gasteiger charge is 2.38. The number of allylic oxidation sites excluding steroid dienone is 1. The van der Waals surface area contributed by atoms with Gasteiger partial charge in [0.15, 0.2) is 5.84 Å². The number of amidine groups is 1. The Hall–Kier alpha value is -3.29. The topological polar surface area (TPSA) is 98.5 Å². The van der Waals surface area contributed by atoms with Crippen molar-refractivity contribution in [2.45, 2.75) is 46.0 Å². The van der Waals surface area contributed by atoms with Crippen molar-refractivity contribution in [3.8, 4) is 0 Å². The average Bonchev–Trinajstić information content (AvgIpc) is 3.22. The minimum atomic E-state index is -0.551. The smallest absolute Gasteiger partial charge is 0.234 e. The zero-order valence-electron chi connectivity index (χ0n) is 18.1. The van der Waals surface area contributed by atoms with E-state index in [1.165, 1.54) is 0 Å². The number of hydrogen-bond donors (Lipinski definition) is 2. The molecule has 0 atom stereocenters. The number of rotatable bonds is 3. The van der Waals surface area contributed by atoms with Gasteiger partial charge in [0.05, 0.1) is 11.1 Å². The molecule has 8 nitrogen and oxygen atoms in total. The van der Waals surface area contributed by atoms with Gasteiger partial charge in [0.25, 0.3) is 0 Å². The molecule has 1 fully saturated rings. The van der Waals surface area contributed by atoms with Gasteiger partial charge in [0.1, 0.15) is 0 Å². The second kappa shape index (κ2) is 8.61. The third-order valence-electron chi connectivity index (χ3n) is 5.25. The van der Waals surface area contributed by atoms with Crippen LogP contribution < -0.4 is 10.6 Å². The first-order chi connectivity index (χ1) is 14.3. The summed E-state index contributed by atoms with van der Waals surface area (Å²) >= 11 is 0. The second-order valence-electron chi connectivity index (χ2n) is 7.79. The molecule has 2 aliphatic rings. The molecule has 1 aromatic carbocycles. The van der Waals surface area contributed by atoms with Crippen molar-refractivity contribution >= 4 is 40.7 Å². The van der Waals surface area contributed by atoms with Crippen LogP contribution in [0.25, 0.3) is 0 Å². The Morgan fingerprint density at radius 3 is 2.70 bits per heavy atom. The number of amides is 2. The molecule has 0 radical (unpaired) electrons. The lowest BCUT2D eigenvalue weighted by molar-refractivity contribution is -0.124. The van der Waals surface area contributed by atoms with E-state index in [9.17, 15) is 9.59 Å². The third kappa shape index (κ3) is 4.17. The molecule has 0 aromatic heterocycles. The Morgan fingerprint density at radius 2 is 2.07 bits per heavy atom. The van der Waals surface area contributed by atoms with E-state index < -0.39 is 5.41 Å². The molecular formula is C22H28N6O2. The van der Waals surface area contributed by atoms with E-state index in [2.05, 4.69) is 25.6 Å². The van der Waals surface area contributed by atoms with Crippen molar-refractivity contribution in [1.29, 1.82) is 0 Å². The Balaban J connectivity index is 1.84. The zero-order valence-corrected chi connectivity index (χ0v) is 18.1. The first-order valence-electron chi connectivity index (χ1n) is 10.0. The SMILES string of the molecule is C/C=C\N=C(C(C)=NC(=NC)Nc1ccc2c(c1)NC(=O)C2(C)C)N1CCCC1=O. The number of benzene rings is 1. The molecule has 2 heterocycles. The average molecular weight is 409 g/mol. The Morgan fingerprint density at radius 1 is 1.30 bits per heavy atom. The normalized spacial score (nSPS) is 19.5. The maximum Gasteiger partial charge on any atom is 0.234 e. The lowest BCUT2D eigenvalue weighted by Crippen LogP contribution is -2.37.